The maximum Gasteiger partial charge on any atom is 0.349 e. The summed E-state index contributed by atoms with van der Waals surface area (Å²) in [7, 11) is 0. The van der Waals surface area contributed by atoms with Crippen molar-refractivity contribution in [2.24, 2.45) is 0 Å². The van der Waals surface area contributed by atoms with E-state index in [1.54, 1.807) is 19.1 Å². The van der Waals surface area contributed by atoms with Gasteiger partial charge in [0.2, 0.25) is 0 Å². The molecule has 0 bridgehead atoms. The Balaban J connectivity index is 2.28. The Hall–Kier alpha value is -2.63. The zero-order valence-corrected chi connectivity index (χ0v) is 13.2. The molecule has 0 fully saturated rings. The lowest BCUT2D eigenvalue weighted by molar-refractivity contribution is -0.134. The van der Waals surface area contributed by atoms with Crippen molar-refractivity contribution in [2.45, 2.75) is 33.1 Å². The van der Waals surface area contributed by atoms with Crippen LogP contribution < -0.4 is 15.7 Å². The van der Waals surface area contributed by atoms with Crippen molar-refractivity contribution < 1.29 is 18.7 Å². The standard InChI is InChI=1S/C17H19NO5/c1-3-5-8-18-16(20)13-9-11-6-7-12(22-15(19)4-2)10-14(11)23-17(13)21/h6-7,9-10H,3-5,8H2,1-2H3,(H,18,20). The fourth-order valence-corrected chi connectivity index (χ4v) is 1.99. The largest absolute Gasteiger partial charge is 0.426 e. The van der Waals surface area contributed by atoms with E-state index in [0.717, 1.165) is 12.8 Å². The highest BCUT2D eigenvalue weighted by atomic mass is 16.5. The summed E-state index contributed by atoms with van der Waals surface area (Å²) in [5.74, 6) is -0.526. The van der Waals surface area contributed by atoms with Crippen LogP contribution in [0.15, 0.2) is 33.5 Å². The predicted octanol–water partition coefficient (Wildman–Crippen LogP) is 2.64. The van der Waals surface area contributed by atoms with Crippen LogP contribution in [0.3, 0.4) is 0 Å². The highest BCUT2D eigenvalue weighted by Gasteiger charge is 2.14. The number of rotatable bonds is 6. The summed E-state index contributed by atoms with van der Waals surface area (Å²) >= 11 is 0. The molecule has 0 radical (unpaired) electrons. The van der Waals surface area contributed by atoms with Crippen molar-refractivity contribution >= 4 is 22.8 Å². The van der Waals surface area contributed by atoms with Gasteiger partial charge in [-0.25, -0.2) is 4.79 Å². The monoisotopic (exact) mass is 317 g/mol. The van der Waals surface area contributed by atoms with Gasteiger partial charge in [0.25, 0.3) is 5.91 Å². The molecule has 2 aromatic rings. The minimum atomic E-state index is -0.717. The summed E-state index contributed by atoms with van der Waals surface area (Å²) in [6.45, 7) is 4.21. The van der Waals surface area contributed by atoms with Gasteiger partial charge >= 0.3 is 11.6 Å². The molecule has 1 amide bonds. The summed E-state index contributed by atoms with van der Waals surface area (Å²) in [5.41, 5.74) is -0.487. The normalized spacial score (nSPS) is 10.5. The summed E-state index contributed by atoms with van der Waals surface area (Å²) in [4.78, 5) is 35.2. The lowest BCUT2D eigenvalue weighted by atomic mass is 10.1. The van der Waals surface area contributed by atoms with Gasteiger partial charge in [0.05, 0.1) is 0 Å². The van der Waals surface area contributed by atoms with Gasteiger partial charge in [-0.3, -0.25) is 9.59 Å². The van der Waals surface area contributed by atoms with E-state index in [9.17, 15) is 14.4 Å². The minimum absolute atomic E-state index is 0.0353. The zero-order valence-electron chi connectivity index (χ0n) is 13.2. The number of hydrogen-bond donors (Lipinski definition) is 1. The Bertz CT molecular complexity index is 778. The Labute approximate surface area is 133 Å². The van der Waals surface area contributed by atoms with Crippen molar-refractivity contribution in [2.75, 3.05) is 6.54 Å². The number of carbonyl (C=O) groups is 2. The van der Waals surface area contributed by atoms with Crippen LogP contribution >= 0.6 is 0 Å². The topological polar surface area (TPSA) is 85.6 Å². The Morgan fingerprint density at radius 1 is 1.22 bits per heavy atom. The van der Waals surface area contributed by atoms with E-state index < -0.39 is 11.5 Å². The van der Waals surface area contributed by atoms with Gasteiger partial charge in [-0.2, -0.15) is 0 Å². The van der Waals surface area contributed by atoms with Gasteiger partial charge in [0, 0.05) is 24.4 Å². The van der Waals surface area contributed by atoms with Crippen LogP contribution in [-0.2, 0) is 4.79 Å². The summed E-state index contributed by atoms with van der Waals surface area (Å²) in [5, 5.41) is 3.27. The Kier molecular flexibility index (Phi) is 5.51. The highest BCUT2D eigenvalue weighted by Crippen LogP contribution is 2.21. The molecular weight excluding hydrogens is 298 g/mol. The first-order chi connectivity index (χ1) is 11.0. The molecule has 0 aliphatic heterocycles. The van der Waals surface area contributed by atoms with Crippen molar-refractivity contribution in [3.05, 3.63) is 40.2 Å². The smallest absolute Gasteiger partial charge is 0.349 e. The molecule has 0 aliphatic rings. The number of carbonyl (C=O) groups excluding carboxylic acids is 2. The van der Waals surface area contributed by atoms with Crippen LogP contribution in [-0.4, -0.2) is 18.4 Å². The molecule has 0 spiro atoms. The molecule has 6 nitrogen and oxygen atoms in total. The van der Waals surface area contributed by atoms with Crippen LogP contribution in [0.4, 0.5) is 0 Å². The summed E-state index contributed by atoms with van der Waals surface area (Å²) in [6.07, 6.45) is 2.04. The van der Waals surface area contributed by atoms with Gasteiger partial charge in [-0.1, -0.05) is 20.3 Å². The molecule has 6 heteroatoms. The third-order valence-electron chi connectivity index (χ3n) is 3.29. The maximum absolute atomic E-state index is 12.0. The molecule has 1 heterocycles. The van der Waals surface area contributed by atoms with Crippen molar-refractivity contribution in [3.8, 4) is 5.75 Å². The van der Waals surface area contributed by atoms with Gasteiger partial charge in [0.15, 0.2) is 0 Å². The fourth-order valence-electron chi connectivity index (χ4n) is 1.99. The van der Waals surface area contributed by atoms with E-state index >= 15 is 0 Å². The van der Waals surface area contributed by atoms with Gasteiger partial charge in [-0.05, 0) is 24.6 Å². The van der Waals surface area contributed by atoms with Crippen LogP contribution in [0, 0.1) is 0 Å². The van der Waals surface area contributed by atoms with Gasteiger partial charge in [0.1, 0.15) is 16.9 Å². The molecule has 0 atom stereocenters. The average Bonchev–Trinajstić information content (AvgIpc) is 2.54. The number of hydrogen-bond acceptors (Lipinski definition) is 5. The van der Waals surface area contributed by atoms with Crippen molar-refractivity contribution in [1.29, 1.82) is 0 Å². The summed E-state index contributed by atoms with van der Waals surface area (Å²) < 4.78 is 10.2. The van der Waals surface area contributed by atoms with Crippen molar-refractivity contribution in [1.82, 2.24) is 5.32 Å². The quantitative estimate of drug-likeness (QED) is 0.383. The molecular formula is C17H19NO5. The lowest BCUT2D eigenvalue weighted by Gasteiger charge is -2.06. The molecule has 1 aromatic carbocycles. The van der Waals surface area contributed by atoms with Crippen LogP contribution in [0.1, 0.15) is 43.5 Å². The molecule has 0 saturated heterocycles. The SMILES string of the molecule is CCCCNC(=O)c1cc2ccc(OC(=O)CC)cc2oc1=O. The number of benzene rings is 1. The number of unbranched alkanes of at least 4 members (excludes halogenated alkanes) is 1. The first-order valence-electron chi connectivity index (χ1n) is 7.62. The third-order valence-corrected chi connectivity index (χ3v) is 3.29. The van der Waals surface area contributed by atoms with E-state index in [-0.39, 0.29) is 23.5 Å². The number of ether oxygens (including phenoxy) is 1. The molecule has 0 aliphatic carbocycles. The lowest BCUT2D eigenvalue weighted by Crippen LogP contribution is -2.28. The first-order valence-corrected chi connectivity index (χ1v) is 7.62. The van der Waals surface area contributed by atoms with E-state index in [1.807, 2.05) is 6.92 Å². The van der Waals surface area contributed by atoms with Crippen LogP contribution in [0.5, 0.6) is 5.75 Å². The molecule has 0 unspecified atom stereocenters. The second-order valence-electron chi connectivity index (χ2n) is 5.08. The van der Waals surface area contributed by atoms with Gasteiger partial charge < -0.3 is 14.5 Å². The third kappa shape index (κ3) is 4.18. The van der Waals surface area contributed by atoms with Crippen LogP contribution in [0.2, 0.25) is 0 Å². The predicted molar refractivity (Wildman–Crippen MR) is 85.7 cm³/mol. The highest BCUT2D eigenvalue weighted by molar-refractivity contribution is 5.96. The number of esters is 1. The molecule has 0 saturated carbocycles. The fraction of sp³-hybridized carbons (Fsp3) is 0.353. The molecule has 1 N–H and O–H groups in total. The molecule has 122 valence electrons. The second kappa shape index (κ2) is 7.58. The van der Waals surface area contributed by atoms with E-state index in [0.29, 0.717) is 17.7 Å². The molecule has 2 rings (SSSR count). The van der Waals surface area contributed by atoms with E-state index in [1.165, 1.54) is 12.1 Å². The Morgan fingerprint density at radius 2 is 2.00 bits per heavy atom. The first kappa shape index (κ1) is 16.7. The number of fused-ring (bicyclic) bond motifs is 1. The van der Waals surface area contributed by atoms with Gasteiger partial charge in [-0.15, -0.1) is 0 Å². The number of amides is 1. The van der Waals surface area contributed by atoms with E-state index in [4.69, 9.17) is 9.15 Å². The molecule has 1 aromatic heterocycles. The van der Waals surface area contributed by atoms with E-state index in [2.05, 4.69) is 5.32 Å². The minimum Gasteiger partial charge on any atom is -0.426 e. The Morgan fingerprint density at radius 3 is 2.70 bits per heavy atom. The summed E-state index contributed by atoms with van der Waals surface area (Å²) in [6, 6.07) is 6.17. The average molecular weight is 317 g/mol. The van der Waals surface area contributed by atoms with Crippen molar-refractivity contribution in [3.63, 3.8) is 0 Å². The van der Waals surface area contributed by atoms with Crippen LogP contribution in [0.25, 0.3) is 11.0 Å². The number of nitrogens with one attached hydrogen (secondary N) is 1. The maximum atomic E-state index is 12.0. The second-order valence-corrected chi connectivity index (χ2v) is 5.08. The molecule has 23 heavy (non-hydrogen) atoms. The zero-order chi connectivity index (χ0) is 16.8.